The summed E-state index contributed by atoms with van der Waals surface area (Å²) in [6.45, 7) is 3.10. The van der Waals surface area contributed by atoms with Crippen molar-refractivity contribution in [1.29, 1.82) is 0 Å². The summed E-state index contributed by atoms with van der Waals surface area (Å²) in [6.07, 6.45) is 1.26. The fraction of sp³-hybridized carbons (Fsp3) is 0.500. The fourth-order valence-corrected chi connectivity index (χ4v) is 1.91. The molecule has 2 aromatic rings. The number of morpholine rings is 1. The summed E-state index contributed by atoms with van der Waals surface area (Å²) in [6, 6.07) is 0. The van der Waals surface area contributed by atoms with Crippen molar-refractivity contribution in [2.45, 2.75) is 6.54 Å². The molecule has 3 heterocycles. The van der Waals surface area contributed by atoms with Crippen LogP contribution in [0.15, 0.2) is 10.9 Å². The van der Waals surface area contributed by atoms with Gasteiger partial charge < -0.3 is 19.5 Å². The van der Waals surface area contributed by atoms with E-state index in [0.717, 1.165) is 13.1 Å². The third-order valence-electron chi connectivity index (χ3n) is 2.70. The van der Waals surface area contributed by atoms with E-state index in [9.17, 15) is 0 Å². The predicted octanol–water partition coefficient (Wildman–Crippen LogP) is 0.357. The van der Waals surface area contributed by atoms with E-state index >= 15 is 0 Å². The van der Waals surface area contributed by atoms with Gasteiger partial charge in [0.05, 0.1) is 19.8 Å². The maximum absolute atomic E-state index is 5.92. The number of hydrogen-bond donors (Lipinski definition) is 1. The molecule has 20 heavy (non-hydrogen) atoms. The van der Waals surface area contributed by atoms with Crippen molar-refractivity contribution in [2.75, 3.05) is 36.5 Å². The lowest BCUT2D eigenvalue weighted by Crippen LogP contribution is -2.37. The maximum Gasteiger partial charge on any atom is 0.231 e. The van der Waals surface area contributed by atoms with Crippen LogP contribution in [-0.2, 0) is 11.3 Å². The van der Waals surface area contributed by atoms with Gasteiger partial charge in [-0.3, -0.25) is 0 Å². The Morgan fingerprint density at radius 2 is 2.10 bits per heavy atom. The van der Waals surface area contributed by atoms with Crippen LogP contribution in [0.2, 0.25) is 5.28 Å². The van der Waals surface area contributed by atoms with Gasteiger partial charge in [0, 0.05) is 13.1 Å². The Labute approximate surface area is 119 Å². The fourth-order valence-electron chi connectivity index (χ4n) is 1.75. The van der Waals surface area contributed by atoms with Gasteiger partial charge in [0.15, 0.2) is 5.82 Å². The van der Waals surface area contributed by atoms with Crippen LogP contribution in [0, 0.1) is 0 Å². The predicted molar refractivity (Wildman–Crippen MR) is 69.5 cm³/mol. The number of aromatic nitrogens is 5. The smallest absolute Gasteiger partial charge is 0.231 e. The van der Waals surface area contributed by atoms with Crippen LogP contribution in [-0.4, -0.2) is 51.4 Å². The Bertz CT molecular complexity index is 559. The normalized spacial score (nSPS) is 15.3. The first-order valence-corrected chi connectivity index (χ1v) is 6.42. The molecule has 9 nitrogen and oxygen atoms in total. The molecule has 0 radical (unpaired) electrons. The summed E-state index contributed by atoms with van der Waals surface area (Å²) in [5, 5.41) is 6.80. The van der Waals surface area contributed by atoms with Crippen molar-refractivity contribution in [3.05, 3.63) is 17.5 Å². The van der Waals surface area contributed by atoms with Gasteiger partial charge in [0.25, 0.3) is 0 Å². The molecule has 0 aromatic carbocycles. The van der Waals surface area contributed by atoms with E-state index in [0.29, 0.717) is 37.5 Å². The van der Waals surface area contributed by atoms with Crippen molar-refractivity contribution >= 4 is 23.5 Å². The molecular weight excluding hydrogens is 286 g/mol. The molecule has 0 spiro atoms. The quantitative estimate of drug-likeness (QED) is 0.856. The second kappa shape index (κ2) is 5.97. The average Bonchev–Trinajstić information content (AvgIpc) is 2.99. The van der Waals surface area contributed by atoms with Crippen LogP contribution in [0.1, 0.15) is 5.82 Å². The van der Waals surface area contributed by atoms with E-state index in [4.69, 9.17) is 16.3 Å². The molecule has 1 fully saturated rings. The maximum atomic E-state index is 5.92. The van der Waals surface area contributed by atoms with E-state index in [2.05, 4.69) is 34.9 Å². The van der Waals surface area contributed by atoms with E-state index in [1.807, 2.05) is 4.90 Å². The minimum Gasteiger partial charge on any atom is -0.378 e. The highest BCUT2D eigenvalue weighted by Gasteiger charge is 2.16. The van der Waals surface area contributed by atoms with Crippen LogP contribution >= 0.6 is 11.6 Å². The number of anilines is 2. The summed E-state index contributed by atoms with van der Waals surface area (Å²) in [5.41, 5.74) is 0. The Kier molecular flexibility index (Phi) is 3.88. The molecule has 0 saturated carbocycles. The third-order valence-corrected chi connectivity index (χ3v) is 2.87. The molecule has 106 valence electrons. The highest BCUT2D eigenvalue weighted by atomic mass is 35.5. The number of nitrogens with one attached hydrogen (secondary N) is 1. The summed E-state index contributed by atoms with van der Waals surface area (Å²) < 4.78 is 9.93. The summed E-state index contributed by atoms with van der Waals surface area (Å²) in [7, 11) is 0. The second-order valence-electron chi connectivity index (χ2n) is 4.03. The molecule has 2 aromatic heterocycles. The van der Waals surface area contributed by atoms with E-state index in [-0.39, 0.29) is 5.28 Å². The van der Waals surface area contributed by atoms with Crippen LogP contribution in [0.3, 0.4) is 0 Å². The van der Waals surface area contributed by atoms with E-state index in [1.165, 1.54) is 6.39 Å². The first kappa shape index (κ1) is 13.0. The monoisotopic (exact) mass is 297 g/mol. The number of hydrogen-bond acceptors (Lipinski definition) is 9. The van der Waals surface area contributed by atoms with Crippen molar-refractivity contribution in [3.8, 4) is 0 Å². The number of halogens is 1. The zero-order valence-corrected chi connectivity index (χ0v) is 11.2. The van der Waals surface area contributed by atoms with Gasteiger partial charge >= 0.3 is 0 Å². The second-order valence-corrected chi connectivity index (χ2v) is 4.37. The highest BCUT2D eigenvalue weighted by Crippen LogP contribution is 2.15. The van der Waals surface area contributed by atoms with Crippen LogP contribution in [0.5, 0.6) is 0 Å². The molecule has 3 rings (SSSR count). The van der Waals surface area contributed by atoms with Gasteiger partial charge in [-0.25, -0.2) is 0 Å². The molecule has 0 unspecified atom stereocenters. The number of rotatable bonds is 4. The molecule has 1 aliphatic rings. The van der Waals surface area contributed by atoms with Gasteiger partial charge in [-0.05, 0) is 11.6 Å². The van der Waals surface area contributed by atoms with Crippen LogP contribution < -0.4 is 10.2 Å². The Balaban J connectivity index is 1.72. The Morgan fingerprint density at radius 1 is 1.25 bits per heavy atom. The molecular formula is C10H12ClN7O2. The first-order valence-electron chi connectivity index (χ1n) is 6.04. The van der Waals surface area contributed by atoms with E-state index < -0.39 is 0 Å². The zero-order chi connectivity index (χ0) is 13.8. The summed E-state index contributed by atoms with van der Waals surface area (Å²) in [4.78, 5) is 18.4. The molecule has 0 atom stereocenters. The van der Waals surface area contributed by atoms with Gasteiger partial charge in [-0.2, -0.15) is 19.9 Å². The minimum absolute atomic E-state index is 0.136. The lowest BCUT2D eigenvalue weighted by Gasteiger charge is -2.26. The lowest BCUT2D eigenvalue weighted by atomic mass is 10.4. The Morgan fingerprint density at radius 3 is 2.85 bits per heavy atom. The Hall–Kier alpha value is -2.00. The van der Waals surface area contributed by atoms with E-state index in [1.54, 1.807) is 0 Å². The number of nitrogens with zero attached hydrogens (tertiary/aromatic N) is 6. The van der Waals surface area contributed by atoms with Gasteiger partial charge in [0.1, 0.15) is 0 Å². The summed E-state index contributed by atoms with van der Waals surface area (Å²) in [5.74, 6) is 1.41. The van der Waals surface area contributed by atoms with Gasteiger partial charge in [-0.15, -0.1) is 0 Å². The number of ether oxygens (including phenoxy) is 1. The van der Waals surface area contributed by atoms with Crippen LogP contribution in [0.4, 0.5) is 11.9 Å². The molecule has 0 bridgehead atoms. The molecule has 1 aliphatic heterocycles. The van der Waals surface area contributed by atoms with Crippen molar-refractivity contribution in [3.63, 3.8) is 0 Å². The summed E-state index contributed by atoms with van der Waals surface area (Å²) >= 11 is 5.92. The SMILES string of the molecule is Clc1nc(NCc2ncon2)nc(N2CCOCC2)n1. The van der Waals surface area contributed by atoms with Crippen LogP contribution in [0.25, 0.3) is 0 Å². The van der Waals surface area contributed by atoms with Gasteiger partial charge in [0.2, 0.25) is 23.6 Å². The highest BCUT2D eigenvalue weighted by molar-refractivity contribution is 6.28. The third kappa shape index (κ3) is 3.11. The molecule has 1 saturated heterocycles. The van der Waals surface area contributed by atoms with Crippen molar-refractivity contribution < 1.29 is 9.26 Å². The average molecular weight is 298 g/mol. The van der Waals surface area contributed by atoms with Crippen molar-refractivity contribution in [1.82, 2.24) is 25.1 Å². The largest absolute Gasteiger partial charge is 0.378 e. The standard InChI is InChI=1S/C10H12ClN7O2/c11-8-14-9(12-5-7-13-6-20-17-7)16-10(15-8)18-1-3-19-4-2-18/h6H,1-5H2,(H,12,14,15,16). The zero-order valence-electron chi connectivity index (χ0n) is 10.5. The minimum atomic E-state index is 0.136. The molecule has 10 heteroatoms. The van der Waals surface area contributed by atoms with Gasteiger partial charge in [-0.1, -0.05) is 5.16 Å². The first-order chi connectivity index (χ1) is 9.81. The molecule has 0 aliphatic carbocycles. The molecule has 1 N–H and O–H groups in total. The lowest BCUT2D eigenvalue weighted by molar-refractivity contribution is 0.122. The topological polar surface area (TPSA) is 102 Å². The molecule has 0 amide bonds. The van der Waals surface area contributed by atoms with Crippen molar-refractivity contribution in [2.24, 2.45) is 0 Å².